The molecule has 2 heteroatoms. The van der Waals surface area contributed by atoms with Crippen molar-refractivity contribution < 1.29 is 9.90 Å². The van der Waals surface area contributed by atoms with Crippen LogP contribution in [0.25, 0.3) is 0 Å². The molecule has 1 aromatic carbocycles. The Morgan fingerprint density at radius 1 is 1.00 bits per heavy atom. The Balaban J connectivity index is 3.58. The van der Waals surface area contributed by atoms with Crippen LogP contribution in [-0.2, 0) is 22.0 Å². The Morgan fingerprint density at radius 3 is 1.70 bits per heavy atom. The Bertz CT molecular complexity index is 464. The van der Waals surface area contributed by atoms with Crippen molar-refractivity contribution in [1.82, 2.24) is 0 Å². The highest BCUT2D eigenvalue weighted by molar-refractivity contribution is 5.81. The number of Topliss-reactive ketones (excluding diaryl/α,β-unsaturated/α-hetero) is 1. The molecule has 0 fully saturated rings. The van der Waals surface area contributed by atoms with Gasteiger partial charge < -0.3 is 5.11 Å². The standard InChI is InChI=1S/C18H28O2/c1-8-12(19)9-14-15(17(2,3)4)10-13(20)11-16(14)18(5,6)7/h10-11,20H,8-9H2,1-7H3. The summed E-state index contributed by atoms with van der Waals surface area (Å²) < 4.78 is 0. The molecule has 0 heterocycles. The average molecular weight is 276 g/mol. The number of carbonyl (C=O) groups is 1. The van der Waals surface area contributed by atoms with Gasteiger partial charge in [0.25, 0.3) is 0 Å². The van der Waals surface area contributed by atoms with E-state index in [1.54, 1.807) is 0 Å². The zero-order chi connectivity index (χ0) is 15.7. The normalized spacial score (nSPS) is 12.6. The largest absolute Gasteiger partial charge is 0.508 e. The zero-order valence-corrected chi connectivity index (χ0v) is 13.9. The van der Waals surface area contributed by atoms with E-state index in [0.29, 0.717) is 12.8 Å². The molecule has 0 radical (unpaired) electrons. The minimum Gasteiger partial charge on any atom is -0.508 e. The minimum atomic E-state index is -0.0951. The lowest BCUT2D eigenvalue weighted by atomic mass is 9.75. The van der Waals surface area contributed by atoms with Gasteiger partial charge in [0.2, 0.25) is 0 Å². The number of phenolic OH excluding ortho intramolecular Hbond substituents is 1. The predicted octanol–water partition coefficient (Wildman–Crippen LogP) is 4.51. The number of benzene rings is 1. The molecule has 20 heavy (non-hydrogen) atoms. The lowest BCUT2D eigenvalue weighted by molar-refractivity contribution is -0.118. The molecule has 0 atom stereocenters. The monoisotopic (exact) mass is 276 g/mol. The topological polar surface area (TPSA) is 37.3 Å². The number of carbonyl (C=O) groups excluding carboxylic acids is 1. The summed E-state index contributed by atoms with van der Waals surface area (Å²) >= 11 is 0. The third kappa shape index (κ3) is 3.84. The molecule has 0 aliphatic carbocycles. The van der Waals surface area contributed by atoms with E-state index in [1.807, 2.05) is 19.1 Å². The molecule has 1 rings (SSSR count). The molecule has 2 nitrogen and oxygen atoms in total. The van der Waals surface area contributed by atoms with E-state index in [4.69, 9.17) is 0 Å². The SMILES string of the molecule is CCC(=O)Cc1c(C(C)(C)C)cc(O)cc1C(C)(C)C. The van der Waals surface area contributed by atoms with Crippen LogP contribution in [-0.4, -0.2) is 10.9 Å². The number of aromatic hydroxyl groups is 1. The van der Waals surface area contributed by atoms with Gasteiger partial charge in [-0.25, -0.2) is 0 Å². The van der Waals surface area contributed by atoms with Crippen molar-refractivity contribution >= 4 is 5.78 Å². The second-order valence-electron chi connectivity index (χ2n) is 7.59. The Hall–Kier alpha value is -1.31. The molecule has 1 aromatic rings. The predicted molar refractivity (Wildman–Crippen MR) is 84.5 cm³/mol. The van der Waals surface area contributed by atoms with Crippen LogP contribution in [0.3, 0.4) is 0 Å². The Morgan fingerprint density at radius 2 is 1.40 bits per heavy atom. The summed E-state index contributed by atoms with van der Waals surface area (Å²) in [5.41, 5.74) is 3.05. The van der Waals surface area contributed by atoms with Gasteiger partial charge in [0, 0.05) is 12.8 Å². The first-order valence-corrected chi connectivity index (χ1v) is 7.35. The highest BCUT2D eigenvalue weighted by Crippen LogP contribution is 2.37. The summed E-state index contributed by atoms with van der Waals surface area (Å²) in [6.07, 6.45) is 1.00. The summed E-state index contributed by atoms with van der Waals surface area (Å²) in [5.74, 6) is 0.527. The molecule has 0 amide bonds. The molecular formula is C18H28O2. The third-order valence-corrected chi connectivity index (χ3v) is 3.62. The minimum absolute atomic E-state index is 0.0951. The summed E-state index contributed by atoms with van der Waals surface area (Å²) in [6, 6.07) is 3.63. The first-order valence-electron chi connectivity index (χ1n) is 7.35. The molecule has 0 aliphatic heterocycles. The van der Waals surface area contributed by atoms with Crippen molar-refractivity contribution in [2.45, 2.75) is 72.1 Å². The van der Waals surface area contributed by atoms with E-state index in [9.17, 15) is 9.90 Å². The Kier molecular flexibility index (Phi) is 4.68. The molecule has 1 N–H and O–H groups in total. The first kappa shape index (κ1) is 16.7. The summed E-state index contributed by atoms with van der Waals surface area (Å²) in [5, 5.41) is 10.1. The van der Waals surface area contributed by atoms with Crippen molar-refractivity contribution in [3.05, 3.63) is 28.8 Å². The van der Waals surface area contributed by atoms with Gasteiger partial charge in [-0.15, -0.1) is 0 Å². The number of rotatable bonds is 3. The van der Waals surface area contributed by atoms with Gasteiger partial charge in [-0.1, -0.05) is 48.5 Å². The summed E-state index contributed by atoms with van der Waals surface area (Å²) in [6.45, 7) is 14.6. The van der Waals surface area contributed by atoms with Gasteiger partial charge in [-0.05, 0) is 39.7 Å². The van der Waals surface area contributed by atoms with Crippen molar-refractivity contribution in [2.24, 2.45) is 0 Å². The quantitative estimate of drug-likeness (QED) is 0.882. The van der Waals surface area contributed by atoms with E-state index in [-0.39, 0.29) is 22.4 Å². The van der Waals surface area contributed by atoms with Crippen molar-refractivity contribution in [1.29, 1.82) is 0 Å². The van der Waals surface area contributed by atoms with E-state index in [0.717, 1.165) is 16.7 Å². The van der Waals surface area contributed by atoms with E-state index >= 15 is 0 Å². The highest BCUT2D eigenvalue weighted by atomic mass is 16.3. The van der Waals surface area contributed by atoms with E-state index in [2.05, 4.69) is 41.5 Å². The lowest BCUT2D eigenvalue weighted by Gasteiger charge is -2.30. The third-order valence-electron chi connectivity index (χ3n) is 3.62. The summed E-state index contributed by atoms with van der Waals surface area (Å²) in [7, 11) is 0. The van der Waals surface area contributed by atoms with Crippen LogP contribution in [0.2, 0.25) is 0 Å². The van der Waals surface area contributed by atoms with Crippen molar-refractivity contribution in [3.63, 3.8) is 0 Å². The van der Waals surface area contributed by atoms with Crippen LogP contribution in [0.4, 0.5) is 0 Å². The molecule has 0 spiro atoms. The van der Waals surface area contributed by atoms with Crippen LogP contribution in [0.1, 0.15) is 71.6 Å². The average Bonchev–Trinajstić information content (AvgIpc) is 2.27. The molecule has 0 aliphatic rings. The van der Waals surface area contributed by atoms with Gasteiger partial charge in [-0.2, -0.15) is 0 Å². The Labute approximate surface area is 123 Å². The van der Waals surface area contributed by atoms with Gasteiger partial charge in [0.1, 0.15) is 11.5 Å². The fourth-order valence-corrected chi connectivity index (χ4v) is 2.51. The van der Waals surface area contributed by atoms with E-state index < -0.39 is 0 Å². The fourth-order valence-electron chi connectivity index (χ4n) is 2.51. The second kappa shape index (κ2) is 5.59. The second-order valence-corrected chi connectivity index (χ2v) is 7.59. The number of phenols is 1. The molecule has 0 saturated carbocycles. The van der Waals surface area contributed by atoms with Crippen molar-refractivity contribution in [3.8, 4) is 5.75 Å². The summed E-state index contributed by atoms with van der Waals surface area (Å²) in [4.78, 5) is 12.0. The van der Waals surface area contributed by atoms with Crippen LogP contribution in [0.5, 0.6) is 5.75 Å². The maximum atomic E-state index is 12.0. The maximum absolute atomic E-state index is 12.0. The van der Waals surface area contributed by atoms with Gasteiger partial charge >= 0.3 is 0 Å². The number of hydrogen-bond donors (Lipinski definition) is 1. The van der Waals surface area contributed by atoms with Crippen LogP contribution < -0.4 is 0 Å². The first-order chi connectivity index (χ1) is 8.96. The zero-order valence-electron chi connectivity index (χ0n) is 13.9. The van der Waals surface area contributed by atoms with E-state index in [1.165, 1.54) is 0 Å². The van der Waals surface area contributed by atoms with Crippen LogP contribution in [0, 0.1) is 0 Å². The van der Waals surface area contributed by atoms with Gasteiger partial charge in [-0.3, -0.25) is 4.79 Å². The lowest BCUT2D eigenvalue weighted by Crippen LogP contribution is -2.22. The number of hydrogen-bond acceptors (Lipinski definition) is 2. The molecule has 0 aromatic heterocycles. The van der Waals surface area contributed by atoms with Crippen molar-refractivity contribution in [2.75, 3.05) is 0 Å². The number of ketones is 1. The van der Waals surface area contributed by atoms with Gasteiger partial charge in [0.05, 0.1) is 0 Å². The molecule has 0 unspecified atom stereocenters. The fraction of sp³-hybridized carbons (Fsp3) is 0.611. The molecule has 0 bridgehead atoms. The molecule has 112 valence electrons. The molecular weight excluding hydrogens is 248 g/mol. The molecule has 0 saturated heterocycles. The van der Waals surface area contributed by atoms with Gasteiger partial charge in [0.15, 0.2) is 0 Å². The smallest absolute Gasteiger partial charge is 0.137 e. The maximum Gasteiger partial charge on any atom is 0.137 e. The van der Waals surface area contributed by atoms with Crippen LogP contribution >= 0.6 is 0 Å². The highest BCUT2D eigenvalue weighted by Gasteiger charge is 2.27. The van der Waals surface area contributed by atoms with Crippen LogP contribution in [0.15, 0.2) is 12.1 Å².